The normalized spacial score (nSPS) is 14.9. The Morgan fingerprint density at radius 2 is 0.896 bits per heavy atom. The van der Waals surface area contributed by atoms with Gasteiger partial charge in [-0.3, -0.25) is 27.8 Å². The fourth-order valence-corrected chi connectivity index (χ4v) is 9.35. The molecule has 8 N–H and O–H groups in total. The molecule has 2 aliphatic heterocycles. The summed E-state index contributed by atoms with van der Waals surface area (Å²) in [6, 6.07) is 14.5. The van der Waals surface area contributed by atoms with E-state index in [1.54, 1.807) is 13.8 Å². The molecule has 0 aliphatic carbocycles. The van der Waals surface area contributed by atoms with Crippen LogP contribution in [0.3, 0.4) is 0 Å². The Morgan fingerprint density at radius 1 is 0.522 bits per heavy atom. The highest BCUT2D eigenvalue weighted by atomic mass is 32.2. The molecule has 2 aliphatic rings. The summed E-state index contributed by atoms with van der Waals surface area (Å²) in [5, 5.41) is 15.3. The van der Waals surface area contributed by atoms with Gasteiger partial charge in [0.05, 0.1) is 35.6 Å². The largest absolute Gasteiger partial charge is 0.368 e. The lowest BCUT2D eigenvalue weighted by atomic mass is 10.1. The second kappa shape index (κ2) is 17.8. The van der Waals surface area contributed by atoms with Crippen LogP contribution in [0, 0.1) is 0 Å². The number of hydrazone groups is 2. The van der Waals surface area contributed by atoms with Gasteiger partial charge in [-0.15, -0.1) is 0 Å². The minimum Gasteiger partial charge on any atom is -0.368 e. The van der Waals surface area contributed by atoms with Gasteiger partial charge in [0.1, 0.15) is 19.6 Å². The van der Waals surface area contributed by atoms with Crippen LogP contribution in [0.5, 0.6) is 0 Å². The number of nitrogens with one attached hydrogen (secondary N) is 2. The van der Waals surface area contributed by atoms with Gasteiger partial charge in [0, 0.05) is 11.4 Å². The van der Waals surface area contributed by atoms with Crippen LogP contribution in [0.2, 0.25) is 0 Å². The number of anilines is 7. The summed E-state index contributed by atoms with van der Waals surface area (Å²) in [5.41, 5.74) is 6.47. The minimum atomic E-state index is -5.01. The molecule has 0 radical (unpaired) electrons. The number of nitrogens with zero attached hydrogens (tertiary/aromatic N) is 7. The number of carbonyl (C=O) groups excluding carboxylic acids is 2. The van der Waals surface area contributed by atoms with Crippen molar-refractivity contribution in [2.75, 3.05) is 26.4 Å². The molecule has 0 bridgehead atoms. The van der Waals surface area contributed by atoms with Crippen LogP contribution < -0.4 is 26.4 Å². The molecule has 0 saturated carbocycles. The molecule has 5 aromatic rings. The second-order valence-corrected chi connectivity index (χ2v) is 20.1. The third-order valence-corrected chi connectivity index (χ3v) is 13.1. The van der Waals surface area contributed by atoms with E-state index < -0.39 is 89.7 Å². The van der Waals surface area contributed by atoms with E-state index in [4.69, 9.17) is 5.73 Å². The molecule has 28 heteroatoms. The predicted octanol–water partition coefficient (Wildman–Crippen LogP) is 4.49. The van der Waals surface area contributed by atoms with Gasteiger partial charge in [0.2, 0.25) is 17.8 Å². The molecule has 3 heterocycles. The summed E-state index contributed by atoms with van der Waals surface area (Å²) in [6.07, 6.45) is 5.03. The fraction of sp³-hybridized carbons (Fsp3) is 0.103. The van der Waals surface area contributed by atoms with Crippen molar-refractivity contribution in [2.45, 2.75) is 46.3 Å². The maximum atomic E-state index is 12.6. The zero-order chi connectivity index (χ0) is 48.8. The molecule has 4 aromatic carbocycles. The minimum absolute atomic E-state index is 0.0180. The zero-order valence-corrected chi connectivity index (χ0v) is 37.6. The van der Waals surface area contributed by atoms with E-state index in [1.165, 1.54) is 72.8 Å². The Balaban J connectivity index is 1.14. The first-order valence-corrected chi connectivity index (χ1v) is 24.6. The summed E-state index contributed by atoms with van der Waals surface area (Å²) in [6.45, 7) is 3.22. The Bertz CT molecular complexity index is 3300. The summed E-state index contributed by atoms with van der Waals surface area (Å²) < 4.78 is 140. The van der Waals surface area contributed by atoms with Crippen LogP contribution in [0.15, 0.2) is 103 Å². The number of amides is 2. The maximum absolute atomic E-state index is 12.6. The van der Waals surface area contributed by atoms with Crippen LogP contribution in [-0.2, 0) is 50.1 Å². The van der Waals surface area contributed by atoms with Crippen molar-refractivity contribution in [3.63, 3.8) is 0 Å². The Kier molecular flexibility index (Phi) is 12.7. The lowest BCUT2D eigenvalue weighted by Crippen LogP contribution is -2.20. The molecular formula is C39H34N10O14S4. The van der Waals surface area contributed by atoms with Gasteiger partial charge in [0.25, 0.3) is 52.3 Å². The first-order valence-electron chi connectivity index (χ1n) is 18.8. The molecule has 0 spiro atoms. The highest BCUT2D eigenvalue weighted by Crippen LogP contribution is 2.32. The predicted molar refractivity (Wildman–Crippen MR) is 244 cm³/mol. The summed E-state index contributed by atoms with van der Waals surface area (Å²) >= 11 is 0. The van der Waals surface area contributed by atoms with Crippen LogP contribution in [0.1, 0.15) is 48.9 Å². The van der Waals surface area contributed by atoms with Crippen LogP contribution >= 0.6 is 0 Å². The highest BCUT2D eigenvalue weighted by Gasteiger charge is 2.27. The molecule has 24 nitrogen and oxygen atoms in total. The molecular weight excluding hydrogens is 961 g/mol. The molecule has 348 valence electrons. The molecule has 1 aromatic heterocycles. The van der Waals surface area contributed by atoms with E-state index in [0.717, 1.165) is 34.3 Å². The van der Waals surface area contributed by atoms with Gasteiger partial charge in [0.15, 0.2) is 0 Å². The van der Waals surface area contributed by atoms with Crippen molar-refractivity contribution >= 4 is 129 Å². The number of nitrogens with two attached hydrogens (primary N) is 1. The SMILES string of the molecule is CC1=NN(c2ccc(/C=C/c3ccc(Nc4nc(N)nc(Nc5ccc(/C=C/c6ccc(N7N=C(C)CC7=O)cc6S(=O)(=O)O)cc5S(=O)(=O)O)n4)c(S(=O)(=O)O)c3)c(S(=O)(=O)O)c2)C(=O)C1. The number of carbonyl (C=O) groups is 2. The third kappa shape index (κ3) is 11.0. The molecule has 67 heavy (non-hydrogen) atoms. The van der Waals surface area contributed by atoms with E-state index in [2.05, 4.69) is 35.8 Å². The number of aromatic nitrogens is 3. The summed E-state index contributed by atoms with van der Waals surface area (Å²) in [5.74, 6) is -2.18. The first-order chi connectivity index (χ1) is 31.2. The molecule has 0 atom stereocenters. The Hall–Kier alpha value is -7.31. The average molecular weight is 995 g/mol. The molecule has 0 fully saturated rings. The van der Waals surface area contributed by atoms with E-state index in [9.17, 15) is 61.5 Å². The van der Waals surface area contributed by atoms with Crippen LogP contribution in [-0.4, -0.2) is 90.1 Å². The average Bonchev–Trinajstić information content (AvgIpc) is 3.75. The standard InChI is InChI=1S/C39H34N10O14S4/c1-21-15-35(50)48(46-21)27-11-9-25(31(19-27)64(52,53)54)7-3-23-5-13-29(33(17-23)66(58,59)60)41-38-43-37(40)44-39(45-38)42-30-14-6-24(18-34(30)67(61,62)63)4-8-26-10-12-28(20-32(26)65(55,56)57)49-36(51)16-22(2)47-49/h3-14,17-20H,15-16H2,1-2H3,(H,52,53,54)(H,55,56,57)(H,58,59,60)(H,61,62,63)(H4,40,41,42,43,44,45)/b7-3+,8-4+. The molecule has 0 saturated heterocycles. The van der Waals surface area contributed by atoms with Crippen LogP contribution in [0.25, 0.3) is 24.3 Å². The molecule has 2 amide bonds. The molecule has 0 unspecified atom stereocenters. The molecule has 7 rings (SSSR count). The van der Waals surface area contributed by atoms with Crippen molar-refractivity contribution in [2.24, 2.45) is 10.2 Å². The van der Waals surface area contributed by atoms with Crippen molar-refractivity contribution in [3.05, 3.63) is 95.1 Å². The second-order valence-electron chi connectivity index (χ2n) is 14.5. The maximum Gasteiger partial charge on any atom is 0.296 e. The Labute approximate surface area is 381 Å². The van der Waals surface area contributed by atoms with Gasteiger partial charge in [-0.2, -0.15) is 58.8 Å². The van der Waals surface area contributed by atoms with Gasteiger partial charge >= 0.3 is 0 Å². The fourth-order valence-electron chi connectivity index (χ4n) is 6.58. The van der Waals surface area contributed by atoms with E-state index in [1.807, 2.05) is 0 Å². The van der Waals surface area contributed by atoms with Gasteiger partial charge in [-0.25, -0.2) is 10.0 Å². The van der Waals surface area contributed by atoms with Crippen molar-refractivity contribution in [3.8, 4) is 0 Å². The van der Waals surface area contributed by atoms with E-state index in [-0.39, 0.29) is 57.8 Å². The lowest BCUT2D eigenvalue weighted by molar-refractivity contribution is -0.117. The van der Waals surface area contributed by atoms with Gasteiger partial charge in [-0.05, 0) is 84.6 Å². The smallest absolute Gasteiger partial charge is 0.296 e. The number of hydrogen-bond acceptors (Lipinski definition) is 18. The zero-order valence-electron chi connectivity index (χ0n) is 34.4. The van der Waals surface area contributed by atoms with E-state index in [0.29, 0.717) is 11.4 Å². The Morgan fingerprint density at radius 3 is 1.22 bits per heavy atom. The van der Waals surface area contributed by atoms with Gasteiger partial charge in [-0.1, -0.05) is 48.6 Å². The highest BCUT2D eigenvalue weighted by molar-refractivity contribution is 7.86. The lowest BCUT2D eigenvalue weighted by Gasteiger charge is -2.14. The van der Waals surface area contributed by atoms with Crippen LogP contribution in [0.4, 0.5) is 40.6 Å². The number of hydrogen-bond donors (Lipinski definition) is 7. The summed E-state index contributed by atoms with van der Waals surface area (Å²) in [7, 11) is -19.7. The number of rotatable bonds is 14. The van der Waals surface area contributed by atoms with Crippen molar-refractivity contribution in [1.82, 2.24) is 15.0 Å². The van der Waals surface area contributed by atoms with E-state index >= 15 is 0 Å². The monoisotopic (exact) mass is 994 g/mol. The topological polar surface area (TPSA) is 372 Å². The third-order valence-electron chi connectivity index (χ3n) is 9.49. The quantitative estimate of drug-likeness (QED) is 0.0595. The van der Waals surface area contributed by atoms with Crippen molar-refractivity contribution < 1.29 is 61.5 Å². The first kappa shape index (κ1) is 47.6. The van der Waals surface area contributed by atoms with Crippen molar-refractivity contribution in [1.29, 1.82) is 0 Å². The summed E-state index contributed by atoms with van der Waals surface area (Å²) in [4.78, 5) is 33.9. The number of benzene rings is 4. The van der Waals surface area contributed by atoms with Gasteiger partial charge < -0.3 is 16.4 Å². The number of nitrogen functional groups attached to an aromatic ring is 1.